The van der Waals surface area contributed by atoms with Gasteiger partial charge in [0.2, 0.25) is 0 Å². The van der Waals surface area contributed by atoms with Crippen molar-refractivity contribution in [2.75, 3.05) is 13.4 Å². The fourth-order valence-corrected chi connectivity index (χ4v) is 2.43. The Morgan fingerprint density at radius 2 is 2.23 bits per heavy atom. The highest BCUT2D eigenvalue weighted by atomic mass is 35.5. The SMILES string of the molecule is COC(=O)c1ccc(-c2nc(SC)[nH]c(=O)c2C#N)cc1Cl. The van der Waals surface area contributed by atoms with E-state index >= 15 is 0 Å². The molecule has 0 bridgehead atoms. The number of nitrogens with zero attached hydrogens (tertiary/aromatic N) is 2. The summed E-state index contributed by atoms with van der Waals surface area (Å²) in [6, 6.07) is 6.33. The molecule has 6 nitrogen and oxygen atoms in total. The van der Waals surface area contributed by atoms with Gasteiger partial charge in [-0.15, -0.1) is 0 Å². The Kier molecular flexibility index (Phi) is 4.85. The standard InChI is InChI=1S/C14H10ClN3O3S/c1-21-13(20)8-4-3-7(5-10(8)15)11-9(6-16)12(19)18-14(17-11)22-2/h3-5H,1-2H3,(H,17,18,19). The Morgan fingerprint density at radius 3 is 2.77 bits per heavy atom. The Labute approximate surface area is 135 Å². The van der Waals surface area contributed by atoms with Gasteiger partial charge < -0.3 is 9.72 Å². The number of rotatable bonds is 3. The van der Waals surface area contributed by atoms with Crippen LogP contribution in [0.4, 0.5) is 0 Å². The van der Waals surface area contributed by atoms with E-state index in [1.54, 1.807) is 12.3 Å². The number of benzene rings is 1. The third-order valence-electron chi connectivity index (χ3n) is 2.85. The summed E-state index contributed by atoms with van der Waals surface area (Å²) in [4.78, 5) is 30.2. The number of halogens is 1. The van der Waals surface area contributed by atoms with Crippen molar-refractivity contribution in [3.63, 3.8) is 0 Å². The molecule has 2 aromatic rings. The summed E-state index contributed by atoms with van der Waals surface area (Å²) in [5.74, 6) is -0.569. The van der Waals surface area contributed by atoms with Crippen LogP contribution in [0.2, 0.25) is 5.02 Å². The second kappa shape index (κ2) is 6.64. The topological polar surface area (TPSA) is 95.8 Å². The maximum atomic E-state index is 11.9. The van der Waals surface area contributed by atoms with Gasteiger partial charge in [0, 0.05) is 5.56 Å². The number of aromatic nitrogens is 2. The summed E-state index contributed by atoms with van der Waals surface area (Å²) in [5, 5.41) is 9.69. The van der Waals surface area contributed by atoms with Gasteiger partial charge in [-0.1, -0.05) is 29.4 Å². The lowest BCUT2D eigenvalue weighted by Crippen LogP contribution is -2.14. The number of methoxy groups -OCH3 is 1. The predicted molar refractivity (Wildman–Crippen MR) is 83.1 cm³/mol. The van der Waals surface area contributed by atoms with Crippen LogP contribution in [-0.2, 0) is 4.74 Å². The maximum absolute atomic E-state index is 11.9. The van der Waals surface area contributed by atoms with Crippen molar-refractivity contribution in [2.24, 2.45) is 0 Å². The summed E-state index contributed by atoms with van der Waals surface area (Å²) in [7, 11) is 1.25. The molecule has 0 amide bonds. The molecular weight excluding hydrogens is 326 g/mol. The van der Waals surface area contributed by atoms with E-state index in [1.165, 1.54) is 31.0 Å². The molecule has 22 heavy (non-hydrogen) atoms. The zero-order chi connectivity index (χ0) is 16.3. The number of esters is 1. The van der Waals surface area contributed by atoms with E-state index in [4.69, 9.17) is 16.9 Å². The molecule has 0 radical (unpaired) electrons. The quantitative estimate of drug-likeness (QED) is 0.526. The zero-order valence-electron chi connectivity index (χ0n) is 11.6. The molecule has 0 atom stereocenters. The first-order chi connectivity index (χ1) is 10.5. The van der Waals surface area contributed by atoms with Gasteiger partial charge in [-0.3, -0.25) is 4.79 Å². The molecule has 1 aromatic carbocycles. The Balaban J connectivity index is 2.65. The van der Waals surface area contributed by atoms with Gasteiger partial charge >= 0.3 is 5.97 Å². The predicted octanol–water partition coefficient (Wildman–Crippen LogP) is 2.47. The normalized spacial score (nSPS) is 10.1. The number of nitrogens with one attached hydrogen (secondary N) is 1. The van der Waals surface area contributed by atoms with Crippen LogP contribution in [0.5, 0.6) is 0 Å². The average molecular weight is 336 g/mol. The van der Waals surface area contributed by atoms with Gasteiger partial charge in [0.1, 0.15) is 11.6 Å². The minimum atomic E-state index is -0.569. The molecule has 0 saturated carbocycles. The van der Waals surface area contributed by atoms with Crippen molar-refractivity contribution in [3.8, 4) is 17.3 Å². The number of carbonyl (C=O) groups excluding carboxylic acids is 1. The summed E-state index contributed by atoms with van der Waals surface area (Å²) in [6.45, 7) is 0. The summed E-state index contributed by atoms with van der Waals surface area (Å²) < 4.78 is 4.61. The maximum Gasteiger partial charge on any atom is 0.339 e. The van der Waals surface area contributed by atoms with Crippen molar-refractivity contribution in [2.45, 2.75) is 5.16 Å². The van der Waals surface area contributed by atoms with Crippen LogP contribution in [0, 0.1) is 11.3 Å². The molecule has 0 aliphatic heterocycles. The van der Waals surface area contributed by atoms with E-state index in [9.17, 15) is 9.59 Å². The van der Waals surface area contributed by atoms with E-state index in [1.807, 2.05) is 6.07 Å². The van der Waals surface area contributed by atoms with Crippen LogP contribution >= 0.6 is 23.4 Å². The number of H-pyrrole nitrogens is 1. The molecule has 8 heteroatoms. The lowest BCUT2D eigenvalue weighted by molar-refractivity contribution is 0.0601. The lowest BCUT2D eigenvalue weighted by Gasteiger charge is -2.07. The van der Waals surface area contributed by atoms with Crippen LogP contribution in [0.15, 0.2) is 28.2 Å². The lowest BCUT2D eigenvalue weighted by atomic mass is 10.1. The highest BCUT2D eigenvalue weighted by Crippen LogP contribution is 2.27. The molecular formula is C14H10ClN3O3S. The van der Waals surface area contributed by atoms with Crippen LogP contribution in [0.25, 0.3) is 11.3 Å². The zero-order valence-corrected chi connectivity index (χ0v) is 13.2. The fourth-order valence-electron chi connectivity index (χ4n) is 1.80. The van der Waals surface area contributed by atoms with Gasteiger partial charge in [0.25, 0.3) is 5.56 Å². The second-order valence-electron chi connectivity index (χ2n) is 4.10. The molecule has 0 aliphatic rings. The van der Waals surface area contributed by atoms with Crippen molar-refractivity contribution in [1.82, 2.24) is 9.97 Å². The van der Waals surface area contributed by atoms with E-state index in [0.29, 0.717) is 10.7 Å². The number of aromatic amines is 1. The first-order valence-electron chi connectivity index (χ1n) is 5.98. The highest BCUT2D eigenvalue weighted by Gasteiger charge is 2.16. The molecule has 1 aromatic heterocycles. The Hall–Kier alpha value is -2.30. The largest absolute Gasteiger partial charge is 0.465 e. The van der Waals surface area contributed by atoms with E-state index in [0.717, 1.165) is 0 Å². The van der Waals surface area contributed by atoms with Gasteiger partial charge in [0.15, 0.2) is 5.16 Å². The van der Waals surface area contributed by atoms with E-state index in [2.05, 4.69) is 14.7 Å². The first kappa shape index (κ1) is 16.1. The minimum Gasteiger partial charge on any atom is -0.465 e. The molecule has 0 unspecified atom stereocenters. The molecule has 0 fully saturated rings. The summed E-state index contributed by atoms with van der Waals surface area (Å²) >= 11 is 7.30. The van der Waals surface area contributed by atoms with Gasteiger partial charge in [0.05, 0.1) is 23.4 Å². The molecule has 1 N–H and O–H groups in total. The average Bonchev–Trinajstić information content (AvgIpc) is 2.53. The molecule has 0 spiro atoms. The summed E-state index contributed by atoms with van der Waals surface area (Å²) in [5.41, 5.74) is 0.246. The third-order valence-corrected chi connectivity index (χ3v) is 3.74. The smallest absolute Gasteiger partial charge is 0.339 e. The number of nitriles is 1. The molecule has 112 valence electrons. The minimum absolute atomic E-state index is 0.111. The highest BCUT2D eigenvalue weighted by molar-refractivity contribution is 7.98. The van der Waals surface area contributed by atoms with E-state index in [-0.39, 0.29) is 21.8 Å². The number of ether oxygens (including phenoxy) is 1. The fraction of sp³-hybridized carbons (Fsp3) is 0.143. The van der Waals surface area contributed by atoms with Crippen LogP contribution in [0.1, 0.15) is 15.9 Å². The number of hydrogen-bond donors (Lipinski definition) is 1. The molecule has 0 saturated heterocycles. The molecule has 2 rings (SSSR count). The number of carbonyl (C=O) groups is 1. The van der Waals surface area contributed by atoms with Gasteiger partial charge in [-0.2, -0.15) is 5.26 Å². The third kappa shape index (κ3) is 2.98. The Bertz CT molecular complexity index is 842. The number of hydrogen-bond acceptors (Lipinski definition) is 6. The molecule has 0 aliphatic carbocycles. The van der Waals surface area contributed by atoms with Gasteiger partial charge in [-0.25, -0.2) is 9.78 Å². The van der Waals surface area contributed by atoms with Crippen molar-refractivity contribution >= 4 is 29.3 Å². The van der Waals surface area contributed by atoms with Crippen molar-refractivity contribution in [1.29, 1.82) is 5.26 Å². The van der Waals surface area contributed by atoms with Crippen molar-refractivity contribution < 1.29 is 9.53 Å². The van der Waals surface area contributed by atoms with Crippen molar-refractivity contribution in [3.05, 3.63) is 44.7 Å². The van der Waals surface area contributed by atoms with Crippen LogP contribution in [-0.4, -0.2) is 29.3 Å². The monoisotopic (exact) mass is 335 g/mol. The molecule has 1 heterocycles. The van der Waals surface area contributed by atoms with E-state index < -0.39 is 11.5 Å². The number of thioether (sulfide) groups is 1. The van der Waals surface area contributed by atoms with Gasteiger partial charge in [-0.05, 0) is 18.4 Å². The Morgan fingerprint density at radius 1 is 1.50 bits per heavy atom. The van der Waals surface area contributed by atoms with Crippen LogP contribution in [0.3, 0.4) is 0 Å². The van der Waals surface area contributed by atoms with Crippen LogP contribution < -0.4 is 5.56 Å². The summed E-state index contributed by atoms with van der Waals surface area (Å²) in [6.07, 6.45) is 1.75. The second-order valence-corrected chi connectivity index (χ2v) is 5.30. The first-order valence-corrected chi connectivity index (χ1v) is 7.58.